The Bertz CT molecular complexity index is 1780. The number of fused-ring (bicyclic) bond motifs is 5. The molecule has 3 heterocycles. The van der Waals surface area contributed by atoms with E-state index >= 15 is 0 Å². The number of nitrogens with two attached hydrogens (primary N) is 1. The zero-order valence-electron chi connectivity index (χ0n) is 20.0. The standard InChI is InChI=1S/C29H21N3O5/c1-3-32-25-15(2)8-7-11-17(25)29(28(32)35)18(14-30)27(31)37-22-13-21-23(26(34)24(22)29)19(33)12-20(36-21)16-9-5-4-6-10-16/h4-13,34H,3,31H2,1-2H3. The molecule has 1 aromatic heterocycles. The minimum atomic E-state index is -1.79. The van der Waals surface area contributed by atoms with Crippen LogP contribution in [0, 0.1) is 18.3 Å². The van der Waals surface area contributed by atoms with Crippen LogP contribution in [0.4, 0.5) is 5.69 Å². The molecule has 0 radical (unpaired) electrons. The van der Waals surface area contributed by atoms with Crippen LogP contribution in [0.5, 0.6) is 11.5 Å². The fourth-order valence-electron chi connectivity index (χ4n) is 5.61. The second-order valence-electron chi connectivity index (χ2n) is 9.04. The molecule has 0 bridgehead atoms. The van der Waals surface area contributed by atoms with E-state index in [2.05, 4.69) is 6.07 Å². The molecular weight excluding hydrogens is 470 g/mol. The zero-order valence-corrected chi connectivity index (χ0v) is 20.0. The number of ether oxygens (including phenoxy) is 1. The van der Waals surface area contributed by atoms with E-state index in [1.54, 1.807) is 29.2 Å². The van der Waals surface area contributed by atoms with Gasteiger partial charge in [0.15, 0.2) is 5.43 Å². The molecule has 8 nitrogen and oxygen atoms in total. The highest BCUT2D eigenvalue weighted by molar-refractivity contribution is 6.16. The van der Waals surface area contributed by atoms with Crippen molar-refractivity contribution in [3.63, 3.8) is 0 Å². The molecule has 1 spiro atoms. The summed E-state index contributed by atoms with van der Waals surface area (Å²) in [6.07, 6.45) is 0. The summed E-state index contributed by atoms with van der Waals surface area (Å²) in [4.78, 5) is 29.1. The number of phenolic OH excluding ortho intramolecular Hbond substituents is 1. The molecule has 3 aromatic carbocycles. The molecule has 182 valence electrons. The topological polar surface area (TPSA) is 130 Å². The number of carbonyl (C=O) groups excluding carboxylic acids is 1. The van der Waals surface area contributed by atoms with Gasteiger partial charge in [-0.2, -0.15) is 5.26 Å². The predicted molar refractivity (Wildman–Crippen MR) is 137 cm³/mol. The van der Waals surface area contributed by atoms with E-state index in [-0.39, 0.29) is 33.7 Å². The minimum absolute atomic E-state index is 0.00156. The first-order chi connectivity index (χ1) is 17.8. The number of hydrogen-bond acceptors (Lipinski definition) is 7. The SMILES string of the molecule is CCN1C(=O)C2(C(C#N)=C(N)Oc3cc4oc(-c5ccccc5)cc(=O)c4c(O)c32)c2cccc(C)c21. The molecule has 1 atom stereocenters. The monoisotopic (exact) mass is 491 g/mol. The predicted octanol–water partition coefficient (Wildman–Crippen LogP) is 4.21. The van der Waals surface area contributed by atoms with Gasteiger partial charge in [-0.15, -0.1) is 0 Å². The Hall–Kier alpha value is -5.03. The number of benzene rings is 3. The van der Waals surface area contributed by atoms with Crippen LogP contribution in [0.25, 0.3) is 22.3 Å². The molecule has 6 rings (SSSR count). The Balaban J connectivity index is 1.75. The number of nitrogens with zero attached hydrogens (tertiary/aromatic N) is 2. The molecule has 0 fully saturated rings. The van der Waals surface area contributed by atoms with Crippen LogP contribution in [0.3, 0.4) is 0 Å². The van der Waals surface area contributed by atoms with Crippen LogP contribution in [0.2, 0.25) is 0 Å². The van der Waals surface area contributed by atoms with Gasteiger partial charge >= 0.3 is 0 Å². The Labute approximate surface area is 211 Å². The molecule has 0 aliphatic carbocycles. The van der Waals surface area contributed by atoms with Crippen molar-refractivity contribution in [3.05, 3.63) is 99.0 Å². The van der Waals surface area contributed by atoms with Gasteiger partial charge < -0.3 is 24.9 Å². The van der Waals surface area contributed by atoms with Crippen LogP contribution in [0.1, 0.15) is 23.6 Å². The quantitative estimate of drug-likeness (QED) is 0.430. The molecule has 1 amide bonds. The summed E-state index contributed by atoms with van der Waals surface area (Å²) in [5.74, 6) is -0.856. The lowest BCUT2D eigenvalue weighted by molar-refractivity contribution is -0.120. The van der Waals surface area contributed by atoms with Crippen molar-refractivity contribution in [3.8, 4) is 28.9 Å². The van der Waals surface area contributed by atoms with Gasteiger partial charge in [-0.05, 0) is 19.4 Å². The van der Waals surface area contributed by atoms with Gasteiger partial charge in [0, 0.05) is 29.8 Å². The first kappa shape index (κ1) is 22.4. The minimum Gasteiger partial charge on any atom is -0.507 e. The van der Waals surface area contributed by atoms with Crippen LogP contribution in [0.15, 0.2) is 81.3 Å². The summed E-state index contributed by atoms with van der Waals surface area (Å²) in [5, 5.41) is 21.7. The summed E-state index contributed by atoms with van der Waals surface area (Å²) >= 11 is 0. The van der Waals surface area contributed by atoms with Crippen molar-refractivity contribution in [2.24, 2.45) is 5.73 Å². The van der Waals surface area contributed by atoms with E-state index in [1.165, 1.54) is 12.1 Å². The molecule has 0 saturated heterocycles. The average Bonchev–Trinajstić information content (AvgIpc) is 3.13. The highest BCUT2D eigenvalue weighted by Gasteiger charge is 2.60. The maximum atomic E-state index is 14.2. The molecule has 3 N–H and O–H groups in total. The number of likely N-dealkylation sites (N-methyl/N-ethyl adjacent to an activating group) is 1. The van der Waals surface area contributed by atoms with Gasteiger partial charge in [0.1, 0.15) is 45.3 Å². The van der Waals surface area contributed by atoms with Crippen LogP contribution in [-0.4, -0.2) is 17.6 Å². The maximum absolute atomic E-state index is 14.2. The van der Waals surface area contributed by atoms with E-state index in [0.29, 0.717) is 29.1 Å². The molecule has 8 heteroatoms. The molecule has 2 aliphatic heterocycles. The summed E-state index contributed by atoms with van der Waals surface area (Å²) in [6, 6.07) is 19.2. The third kappa shape index (κ3) is 2.76. The summed E-state index contributed by atoms with van der Waals surface area (Å²) < 4.78 is 11.8. The van der Waals surface area contributed by atoms with Gasteiger partial charge in [-0.3, -0.25) is 9.59 Å². The lowest BCUT2D eigenvalue weighted by atomic mass is 9.68. The molecule has 1 unspecified atom stereocenters. The maximum Gasteiger partial charge on any atom is 0.247 e. The number of hydrogen-bond donors (Lipinski definition) is 2. The fourth-order valence-corrected chi connectivity index (χ4v) is 5.61. The van der Waals surface area contributed by atoms with Gasteiger partial charge in [-0.25, -0.2) is 0 Å². The second-order valence-corrected chi connectivity index (χ2v) is 9.04. The van der Waals surface area contributed by atoms with E-state index < -0.39 is 22.5 Å². The zero-order chi connectivity index (χ0) is 26.1. The van der Waals surface area contributed by atoms with Gasteiger partial charge in [-0.1, -0.05) is 48.5 Å². The number of phenols is 1. The molecule has 37 heavy (non-hydrogen) atoms. The van der Waals surface area contributed by atoms with Gasteiger partial charge in [0.05, 0.1) is 11.3 Å². The van der Waals surface area contributed by atoms with E-state index in [9.17, 15) is 20.0 Å². The summed E-state index contributed by atoms with van der Waals surface area (Å²) in [5.41, 5.74) is 6.49. The number of aryl methyl sites for hydroxylation is 1. The Morgan fingerprint density at radius 2 is 1.86 bits per heavy atom. The normalized spacial score (nSPS) is 18.1. The average molecular weight is 492 g/mol. The summed E-state index contributed by atoms with van der Waals surface area (Å²) in [6.45, 7) is 4.02. The Morgan fingerprint density at radius 3 is 2.57 bits per heavy atom. The molecule has 2 aliphatic rings. The van der Waals surface area contributed by atoms with Crippen LogP contribution < -0.4 is 20.8 Å². The Morgan fingerprint density at radius 1 is 1.11 bits per heavy atom. The first-order valence-corrected chi connectivity index (χ1v) is 11.7. The highest BCUT2D eigenvalue weighted by atomic mass is 16.5. The molecule has 4 aromatic rings. The highest BCUT2D eigenvalue weighted by Crippen LogP contribution is 2.59. The molecule has 0 saturated carbocycles. The van der Waals surface area contributed by atoms with Crippen molar-refractivity contribution in [2.45, 2.75) is 19.3 Å². The van der Waals surface area contributed by atoms with Crippen molar-refractivity contribution in [1.29, 1.82) is 5.26 Å². The lowest BCUT2D eigenvalue weighted by Gasteiger charge is -2.35. The number of amides is 1. The number of aromatic hydroxyl groups is 1. The third-order valence-corrected chi connectivity index (χ3v) is 7.14. The number of rotatable bonds is 2. The number of anilines is 1. The van der Waals surface area contributed by atoms with Crippen LogP contribution >= 0.6 is 0 Å². The third-order valence-electron chi connectivity index (χ3n) is 7.14. The number of para-hydroxylation sites is 1. The van der Waals surface area contributed by atoms with Crippen LogP contribution in [-0.2, 0) is 10.2 Å². The fraction of sp³-hybridized carbons (Fsp3) is 0.138. The van der Waals surface area contributed by atoms with E-state index in [1.807, 2.05) is 38.1 Å². The van der Waals surface area contributed by atoms with Crippen molar-refractivity contribution in [1.82, 2.24) is 0 Å². The van der Waals surface area contributed by atoms with Crippen molar-refractivity contribution < 1.29 is 19.1 Å². The van der Waals surface area contributed by atoms with Gasteiger partial charge in [0.2, 0.25) is 11.8 Å². The first-order valence-electron chi connectivity index (χ1n) is 11.7. The van der Waals surface area contributed by atoms with Gasteiger partial charge in [0.25, 0.3) is 0 Å². The van der Waals surface area contributed by atoms with E-state index in [4.69, 9.17) is 14.9 Å². The second kappa shape index (κ2) is 7.73. The van der Waals surface area contributed by atoms with Crippen molar-refractivity contribution >= 4 is 22.6 Å². The van der Waals surface area contributed by atoms with Crippen molar-refractivity contribution in [2.75, 3.05) is 11.4 Å². The number of carbonyl (C=O) groups is 1. The summed E-state index contributed by atoms with van der Waals surface area (Å²) in [7, 11) is 0. The molecular formula is C29H21N3O5. The Kier molecular flexibility index (Phi) is 4.69. The lowest BCUT2D eigenvalue weighted by Crippen LogP contribution is -2.46. The number of nitriles is 1. The smallest absolute Gasteiger partial charge is 0.247 e. The largest absolute Gasteiger partial charge is 0.507 e. The van der Waals surface area contributed by atoms with E-state index in [0.717, 1.165) is 5.56 Å².